The summed E-state index contributed by atoms with van der Waals surface area (Å²) in [5.41, 5.74) is 0.0316. The van der Waals surface area contributed by atoms with E-state index >= 15 is 0 Å². The molecule has 1 aromatic heterocycles. The van der Waals surface area contributed by atoms with Gasteiger partial charge in [0.25, 0.3) is 0 Å². The minimum atomic E-state index is -1.25. The standard InChI is InChI=1S/C21H23N5O6/c1-26(22,20(31)18-15-6-3-2-5-13(15)8-9-23-18)21(32)25-10-4-7-16(25)19(30)24-14(12-27)11-17(28)29/h2-3,5-6,8-9,12,14,16H,4,7,10-11,22H2,1H3,(H-,24,28,29,30)/p+1. The highest BCUT2D eigenvalue weighted by Gasteiger charge is 2.48. The van der Waals surface area contributed by atoms with E-state index in [0.717, 1.165) is 5.39 Å². The molecule has 3 unspecified atom stereocenters. The Morgan fingerprint density at radius 2 is 2.03 bits per heavy atom. The number of aliphatic carboxylic acids is 1. The molecule has 4 N–H and O–H groups in total. The molecule has 11 nitrogen and oxygen atoms in total. The topological polar surface area (TPSA) is 160 Å². The van der Waals surface area contributed by atoms with Crippen molar-refractivity contribution in [3.8, 4) is 0 Å². The third-order valence-corrected chi connectivity index (χ3v) is 5.38. The summed E-state index contributed by atoms with van der Waals surface area (Å²) < 4.78 is -1.18. The maximum atomic E-state index is 13.2. The Balaban J connectivity index is 1.82. The fourth-order valence-corrected chi connectivity index (χ4v) is 3.73. The van der Waals surface area contributed by atoms with Gasteiger partial charge in [-0.1, -0.05) is 24.3 Å². The molecule has 168 valence electrons. The fourth-order valence-electron chi connectivity index (χ4n) is 3.73. The lowest BCUT2D eigenvalue weighted by molar-refractivity contribution is -0.761. The highest BCUT2D eigenvalue weighted by molar-refractivity contribution is 6.05. The van der Waals surface area contributed by atoms with E-state index in [-0.39, 0.29) is 18.7 Å². The molecule has 0 spiro atoms. The lowest BCUT2D eigenvalue weighted by atomic mass is 10.1. The molecule has 3 rings (SSSR count). The van der Waals surface area contributed by atoms with Gasteiger partial charge < -0.3 is 15.2 Å². The number of nitrogens with zero attached hydrogens (tertiary/aromatic N) is 3. The molecular formula is C21H24N5O6+. The first-order chi connectivity index (χ1) is 15.2. The van der Waals surface area contributed by atoms with Gasteiger partial charge in [-0.05, 0) is 24.3 Å². The summed E-state index contributed by atoms with van der Waals surface area (Å²) in [6, 6.07) is 5.78. The number of hydrogen-bond donors (Lipinski definition) is 3. The van der Waals surface area contributed by atoms with E-state index in [2.05, 4.69) is 10.3 Å². The Morgan fingerprint density at radius 1 is 1.31 bits per heavy atom. The van der Waals surface area contributed by atoms with Crippen LogP contribution in [0.15, 0.2) is 36.5 Å². The molecule has 1 aromatic carbocycles. The van der Waals surface area contributed by atoms with Crippen LogP contribution in [-0.4, -0.2) is 75.4 Å². The number of carboxylic acid groups (broad SMARTS) is 1. The van der Waals surface area contributed by atoms with E-state index < -0.39 is 46.9 Å². The third-order valence-electron chi connectivity index (χ3n) is 5.38. The second-order valence-electron chi connectivity index (χ2n) is 7.74. The number of benzene rings is 1. The number of imide groups is 1. The van der Waals surface area contributed by atoms with Crippen LogP contribution in [0.2, 0.25) is 0 Å². The van der Waals surface area contributed by atoms with Gasteiger partial charge in [-0.3, -0.25) is 14.5 Å². The van der Waals surface area contributed by atoms with E-state index in [9.17, 15) is 24.0 Å². The summed E-state index contributed by atoms with van der Waals surface area (Å²) in [5.74, 6) is 3.49. The number of carbonyl (C=O) groups is 5. The van der Waals surface area contributed by atoms with E-state index in [1.807, 2.05) is 6.07 Å². The average Bonchev–Trinajstić information content (AvgIpc) is 3.26. The van der Waals surface area contributed by atoms with Gasteiger partial charge in [0.2, 0.25) is 5.91 Å². The first-order valence-electron chi connectivity index (χ1n) is 9.99. The number of fused-ring (bicyclic) bond motifs is 1. The second kappa shape index (κ2) is 9.20. The van der Waals surface area contributed by atoms with Crippen LogP contribution in [0.1, 0.15) is 29.8 Å². The highest BCUT2D eigenvalue weighted by Crippen LogP contribution is 2.24. The molecule has 4 amide bonds. The zero-order valence-electron chi connectivity index (χ0n) is 17.4. The first-order valence-corrected chi connectivity index (χ1v) is 9.99. The van der Waals surface area contributed by atoms with Gasteiger partial charge in [0.1, 0.15) is 19.4 Å². The Kier molecular flexibility index (Phi) is 6.61. The van der Waals surface area contributed by atoms with Gasteiger partial charge in [0.05, 0.1) is 12.5 Å². The minimum absolute atomic E-state index is 0.0316. The summed E-state index contributed by atoms with van der Waals surface area (Å²) in [6.45, 7) is 0.183. The molecular weight excluding hydrogens is 418 g/mol. The summed E-state index contributed by atoms with van der Waals surface area (Å²) in [4.78, 5) is 66.4. The molecule has 1 aliphatic heterocycles. The number of aldehydes is 1. The van der Waals surface area contributed by atoms with Crippen LogP contribution in [0.25, 0.3) is 10.8 Å². The van der Waals surface area contributed by atoms with Crippen molar-refractivity contribution >= 4 is 40.9 Å². The number of rotatable bonds is 6. The number of carbonyl (C=O) groups excluding carboxylic acids is 4. The molecule has 2 heterocycles. The Labute approximate surface area is 183 Å². The van der Waals surface area contributed by atoms with Crippen LogP contribution >= 0.6 is 0 Å². The van der Waals surface area contributed by atoms with Gasteiger partial charge in [0.15, 0.2) is 5.69 Å². The normalized spacial score (nSPS) is 18.6. The number of aromatic nitrogens is 1. The fraction of sp³-hybridized carbons (Fsp3) is 0.333. The monoisotopic (exact) mass is 442 g/mol. The van der Waals surface area contributed by atoms with E-state index in [1.165, 1.54) is 18.1 Å². The predicted molar refractivity (Wildman–Crippen MR) is 112 cm³/mol. The van der Waals surface area contributed by atoms with Gasteiger partial charge in [-0.15, -0.1) is 4.59 Å². The van der Waals surface area contributed by atoms with Crippen LogP contribution in [0.3, 0.4) is 0 Å². The number of amides is 4. The molecule has 0 bridgehead atoms. The molecule has 3 atom stereocenters. The van der Waals surface area contributed by atoms with Crippen molar-refractivity contribution in [1.82, 2.24) is 15.2 Å². The number of likely N-dealkylation sites (tertiary alicyclic amines) is 1. The lowest BCUT2D eigenvalue weighted by Crippen LogP contribution is -2.65. The number of hydrogen-bond acceptors (Lipinski definition) is 7. The predicted octanol–water partition coefficient (Wildman–Crippen LogP) is 0.438. The minimum Gasteiger partial charge on any atom is -0.481 e. The largest absolute Gasteiger partial charge is 0.481 e. The maximum absolute atomic E-state index is 13.2. The molecule has 1 fully saturated rings. The van der Waals surface area contributed by atoms with Crippen LogP contribution in [0.4, 0.5) is 4.79 Å². The number of pyridine rings is 1. The van der Waals surface area contributed by atoms with Gasteiger partial charge in [-0.25, -0.2) is 14.6 Å². The molecule has 1 saturated heterocycles. The van der Waals surface area contributed by atoms with Gasteiger partial charge in [-0.2, -0.15) is 5.84 Å². The molecule has 0 radical (unpaired) electrons. The Morgan fingerprint density at radius 3 is 2.72 bits per heavy atom. The van der Waals surface area contributed by atoms with Crippen molar-refractivity contribution in [2.45, 2.75) is 31.3 Å². The molecule has 0 saturated carbocycles. The summed E-state index contributed by atoms with van der Waals surface area (Å²) >= 11 is 0. The van der Waals surface area contributed by atoms with Crippen molar-refractivity contribution in [3.05, 3.63) is 42.2 Å². The molecule has 1 aliphatic rings. The zero-order valence-corrected chi connectivity index (χ0v) is 17.4. The molecule has 11 heteroatoms. The van der Waals surface area contributed by atoms with Crippen molar-refractivity contribution in [1.29, 1.82) is 0 Å². The van der Waals surface area contributed by atoms with E-state index in [1.54, 1.807) is 24.3 Å². The Bertz CT molecular complexity index is 1080. The van der Waals surface area contributed by atoms with Crippen molar-refractivity contribution in [2.75, 3.05) is 13.6 Å². The van der Waals surface area contributed by atoms with Crippen LogP contribution in [-0.2, 0) is 14.4 Å². The highest BCUT2D eigenvalue weighted by atomic mass is 16.4. The van der Waals surface area contributed by atoms with E-state index in [4.69, 9.17) is 10.9 Å². The molecule has 32 heavy (non-hydrogen) atoms. The Hall–Kier alpha value is -3.70. The smallest absolute Gasteiger partial charge is 0.446 e. The maximum Gasteiger partial charge on any atom is 0.446 e. The van der Waals surface area contributed by atoms with Gasteiger partial charge >= 0.3 is 17.9 Å². The third kappa shape index (κ3) is 4.48. The van der Waals surface area contributed by atoms with Crippen LogP contribution in [0.5, 0.6) is 0 Å². The lowest BCUT2D eigenvalue weighted by Gasteiger charge is -2.30. The van der Waals surface area contributed by atoms with Crippen molar-refractivity contribution in [3.63, 3.8) is 0 Å². The van der Waals surface area contributed by atoms with Crippen LogP contribution < -0.4 is 11.2 Å². The number of urea groups is 1. The SMILES string of the molecule is C[N+](N)(C(=O)c1nccc2ccccc12)C(=O)N1CCCC1C(=O)NC(C=O)CC(=O)O. The first kappa shape index (κ1) is 23.0. The number of nitrogens with one attached hydrogen (secondary N) is 1. The zero-order chi connectivity index (χ0) is 23.5. The summed E-state index contributed by atoms with van der Waals surface area (Å²) in [7, 11) is 1.22. The molecule has 2 aromatic rings. The number of nitrogens with two attached hydrogens (primary N) is 1. The van der Waals surface area contributed by atoms with Crippen molar-refractivity contribution < 1.29 is 33.7 Å². The summed E-state index contributed by atoms with van der Waals surface area (Å²) in [5, 5.41) is 12.5. The average molecular weight is 442 g/mol. The quantitative estimate of drug-likeness (QED) is 0.191. The number of quaternary nitrogens is 1. The second-order valence-corrected chi connectivity index (χ2v) is 7.74. The molecule has 0 aliphatic carbocycles. The van der Waals surface area contributed by atoms with Crippen LogP contribution in [0, 0.1) is 0 Å². The summed E-state index contributed by atoms with van der Waals surface area (Å²) in [6.07, 6.45) is 1.97. The van der Waals surface area contributed by atoms with Crippen molar-refractivity contribution in [2.24, 2.45) is 5.84 Å². The van der Waals surface area contributed by atoms with Gasteiger partial charge in [0, 0.05) is 18.1 Å². The van der Waals surface area contributed by atoms with E-state index in [0.29, 0.717) is 18.1 Å². The number of carboxylic acids is 1.